The fourth-order valence-electron chi connectivity index (χ4n) is 2.20. The van der Waals surface area contributed by atoms with E-state index >= 15 is 0 Å². The highest BCUT2D eigenvalue weighted by Crippen LogP contribution is 2.40. The minimum Gasteiger partial charge on any atom is -0.497 e. The summed E-state index contributed by atoms with van der Waals surface area (Å²) in [5.74, 6) is 1.00. The van der Waals surface area contributed by atoms with Gasteiger partial charge in [-0.1, -0.05) is 23.5 Å². The Hall–Kier alpha value is -3.13. The molecule has 3 rings (SSSR count). The Labute approximate surface area is 141 Å². The van der Waals surface area contributed by atoms with Gasteiger partial charge in [0.1, 0.15) is 11.6 Å². The number of benzene rings is 2. The maximum atomic E-state index is 11.2. The molecule has 7 nitrogen and oxygen atoms in total. The molecule has 1 aromatic heterocycles. The van der Waals surface area contributed by atoms with Gasteiger partial charge in [0.25, 0.3) is 5.69 Å². The first-order valence-electron chi connectivity index (χ1n) is 6.99. The predicted molar refractivity (Wildman–Crippen MR) is 94.9 cm³/mol. The van der Waals surface area contributed by atoms with Gasteiger partial charge in [-0.05, 0) is 30.3 Å². The number of nitro groups is 1. The highest BCUT2D eigenvalue weighted by atomic mass is 32.1. The van der Waals surface area contributed by atoms with Crippen molar-refractivity contribution in [1.82, 2.24) is 4.98 Å². The molecular formula is C16H14N4O3S. The van der Waals surface area contributed by atoms with Gasteiger partial charge in [0.05, 0.1) is 22.5 Å². The van der Waals surface area contributed by atoms with Crippen LogP contribution in [-0.2, 0) is 0 Å². The topological polar surface area (TPSA) is 103 Å². The molecule has 0 amide bonds. The molecule has 3 N–H and O–H groups in total. The molecule has 8 heteroatoms. The van der Waals surface area contributed by atoms with Gasteiger partial charge in [-0.25, -0.2) is 4.98 Å². The van der Waals surface area contributed by atoms with Crippen LogP contribution >= 0.6 is 11.3 Å². The summed E-state index contributed by atoms with van der Waals surface area (Å²) in [7, 11) is 1.60. The van der Waals surface area contributed by atoms with Crippen molar-refractivity contribution in [3.8, 4) is 16.2 Å². The van der Waals surface area contributed by atoms with E-state index < -0.39 is 4.92 Å². The number of nitro benzene ring substituents is 1. The smallest absolute Gasteiger partial charge is 0.278 e. The minimum absolute atomic E-state index is 0.00356. The Bertz CT molecular complexity index is 877. The number of hydrogen-bond acceptors (Lipinski definition) is 7. The number of anilines is 3. The zero-order valence-electron chi connectivity index (χ0n) is 12.7. The molecule has 0 saturated carbocycles. The summed E-state index contributed by atoms with van der Waals surface area (Å²) in [6, 6.07) is 13.8. The van der Waals surface area contributed by atoms with E-state index in [2.05, 4.69) is 10.3 Å². The summed E-state index contributed by atoms with van der Waals surface area (Å²) in [6.07, 6.45) is 0. The molecule has 1 heterocycles. The predicted octanol–water partition coefficient (Wildman–Crippen LogP) is 4.05. The molecule has 0 atom stereocenters. The Morgan fingerprint density at radius 3 is 2.58 bits per heavy atom. The third-order valence-corrected chi connectivity index (χ3v) is 4.36. The lowest BCUT2D eigenvalue weighted by molar-refractivity contribution is -0.384. The van der Waals surface area contributed by atoms with E-state index in [0.717, 1.165) is 11.4 Å². The highest BCUT2D eigenvalue weighted by Gasteiger charge is 2.20. The molecular weight excluding hydrogens is 328 g/mol. The maximum Gasteiger partial charge on any atom is 0.278 e. The van der Waals surface area contributed by atoms with Crippen LogP contribution in [0.3, 0.4) is 0 Å². The van der Waals surface area contributed by atoms with Gasteiger partial charge in [-0.3, -0.25) is 10.1 Å². The zero-order chi connectivity index (χ0) is 17.1. The zero-order valence-corrected chi connectivity index (χ0v) is 13.5. The third kappa shape index (κ3) is 3.13. The molecule has 24 heavy (non-hydrogen) atoms. The number of thiazole rings is 1. The van der Waals surface area contributed by atoms with E-state index in [1.165, 1.54) is 17.4 Å². The standard InChI is InChI=1S/C16H14N4O3S/c1-23-11-8-6-10(7-9-11)18-16-19-15(17)14(24-16)12-4-2-3-5-13(12)20(21)22/h2-9H,17H2,1H3,(H,18,19). The summed E-state index contributed by atoms with van der Waals surface area (Å²) < 4.78 is 5.11. The van der Waals surface area contributed by atoms with Crippen molar-refractivity contribution in [1.29, 1.82) is 0 Å². The van der Waals surface area contributed by atoms with E-state index in [4.69, 9.17) is 10.5 Å². The molecule has 2 aromatic carbocycles. The molecule has 0 spiro atoms. The van der Waals surface area contributed by atoms with Crippen LogP contribution in [0.15, 0.2) is 48.5 Å². The Balaban J connectivity index is 1.92. The summed E-state index contributed by atoms with van der Waals surface area (Å²) in [5.41, 5.74) is 7.24. The van der Waals surface area contributed by atoms with Gasteiger partial charge in [0, 0.05) is 11.8 Å². The van der Waals surface area contributed by atoms with Gasteiger partial charge < -0.3 is 15.8 Å². The van der Waals surface area contributed by atoms with Gasteiger partial charge in [-0.15, -0.1) is 0 Å². The molecule has 122 valence electrons. The number of nitrogens with two attached hydrogens (primary N) is 1. The summed E-state index contributed by atoms with van der Waals surface area (Å²) in [6.45, 7) is 0. The van der Waals surface area contributed by atoms with Gasteiger partial charge in [0.15, 0.2) is 5.13 Å². The molecule has 0 fully saturated rings. The molecule has 0 aliphatic carbocycles. The van der Waals surface area contributed by atoms with Crippen molar-refractivity contribution in [2.24, 2.45) is 0 Å². The van der Waals surface area contributed by atoms with Gasteiger partial charge in [0.2, 0.25) is 0 Å². The number of methoxy groups -OCH3 is 1. The van der Waals surface area contributed by atoms with Crippen LogP contribution in [0.5, 0.6) is 5.75 Å². The summed E-state index contributed by atoms with van der Waals surface area (Å²) in [5, 5.41) is 14.9. The molecule has 0 unspecified atom stereocenters. The second-order valence-corrected chi connectivity index (χ2v) is 5.86. The van der Waals surface area contributed by atoms with Crippen LogP contribution in [0.4, 0.5) is 22.3 Å². The number of nitrogen functional groups attached to an aromatic ring is 1. The third-order valence-electron chi connectivity index (χ3n) is 3.34. The number of aromatic nitrogens is 1. The fraction of sp³-hybridized carbons (Fsp3) is 0.0625. The average molecular weight is 342 g/mol. The van der Waals surface area contributed by atoms with Crippen molar-refractivity contribution in [2.45, 2.75) is 0 Å². The number of hydrogen-bond donors (Lipinski definition) is 2. The van der Waals surface area contributed by atoms with E-state index in [-0.39, 0.29) is 11.5 Å². The van der Waals surface area contributed by atoms with Crippen LogP contribution in [0, 0.1) is 10.1 Å². The molecule has 3 aromatic rings. The van der Waals surface area contributed by atoms with Crippen LogP contribution in [0.25, 0.3) is 10.4 Å². The molecule has 0 bridgehead atoms. The first-order valence-corrected chi connectivity index (χ1v) is 7.81. The molecule has 0 aliphatic heterocycles. The van der Waals surface area contributed by atoms with E-state index in [1.807, 2.05) is 24.3 Å². The first-order chi connectivity index (χ1) is 11.6. The molecule has 0 radical (unpaired) electrons. The monoisotopic (exact) mass is 342 g/mol. The largest absolute Gasteiger partial charge is 0.497 e. The number of nitrogens with one attached hydrogen (secondary N) is 1. The van der Waals surface area contributed by atoms with E-state index in [9.17, 15) is 10.1 Å². The number of nitrogens with zero attached hydrogens (tertiary/aromatic N) is 2. The van der Waals surface area contributed by atoms with Crippen LogP contribution < -0.4 is 15.8 Å². The van der Waals surface area contributed by atoms with Crippen LogP contribution in [-0.4, -0.2) is 17.0 Å². The molecule has 0 aliphatic rings. The Morgan fingerprint density at radius 1 is 1.21 bits per heavy atom. The normalized spacial score (nSPS) is 10.4. The second kappa shape index (κ2) is 6.55. The lowest BCUT2D eigenvalue weighted by atomic mass is 10.1. The SMILES string of the molecule is COc1ccc(Nc2nc(N)c(-c3ccccc3[N+](=O)[O-])s2)cc1. The molecule has 0 saturated heterocycles. The first kappa shape index (κ1) is 15.8. The summed E-state index contributed by atoms with van der Waals surface area (Å²) >= 11 is 1.27. The highest BCUT2D eigenvalue weighted by molar-refractivity contribution is 7.19. The van der Waals surface area contributed by atoms with E-state index in [1.54, 1.807) is 25.3 Å². The average Bonchev–Trinajstić information content (AvgIpc) is 2.95. The Morgan fingerprint density at radius 2 is 1.92 bits per heavy atom. The van der Waals surface area contributed by atoms with E-state index in [0.29, 0.717) is 15.6 Å². The lowest BCUT2D eigenvalue weighted by Gasteiger charge is -2.03. The van der Waals surface area contributed by atoms with Crippen molar-refractivity contribution < 1.29 is 9.66 Å². The van der Waals surface area contributed by atoms with Crippen molar-refractivity contribution in [2.75, 3.05) is 18.2 Å². The second-order valence-electron chi connectivity index (χ2n) is 4.86. The number of para-hydroxylation sites is 1. The van der Waals surface area contributed by atoms with Crippen molar-refractivity contribution in [3.63, 3.8) is 0 Å². The Kier molecular flexibility index (Phi) is 4.30. The minimum atomic E-state index is -0.426. The van der Waals surface area contributed by atoms with Crippen molar-refractivity contribution in [3.05, 3.63) is 58.6 Å². The fourth-order valence-corrected chi connectivity index (χ4v) is 3.14. The quantitative estimate of drug-likeness (QED) is 0.535. The lowest BCUT2D eigenvalue weighted by Crippen LogP contribution is -1.93. The summed E-state index contributed by atoms with van der Waals surface area (Å²) in [4.78, 5) is 15.6. The van der Waals surface area contributed by atoms with Gasteiger partial charge >= 0.3 is 0 Å². The van der Waals surface area contributed by atoms with Crippen molar-refractivity contribution >= 4 is 33.7 Å². The van der Waals surface area contributed by atoms with Crippen LogP contribution in [0.1, 0.15) is 0 Å². The maximum absolute atomic E-state index is 11.2. The number of rotatable bonds is 5. The number of ether oxygens (including phenoxy) is 1. The van der Waals surface area contributed by atoms with Crippen LogP contribution in [0.2, 0.25) is 0 Å². The van der Waals surface area contributed by atoms with Gasteiger partial charge in [-0.2, -0.15) is 0 Å².